The van der Waals surface area contributed by atoms with Crippen LogP contribution in [0.3, 0.4) is 0 Å². The molecule has 0 radical (unpaired) electrons. The minimum atomic E-state index is 0.874. The van der Waals surface area contributed by atoms with E-state index in [4.69, 9.17) is 4.42 Å². The molecule has 0 unspecified atom stereocenters. The number of hydrogen-bond donors (Lipinski definition) is 0. The van der Waals surface area contributed by atoms with Gasteiger partial charge in [-0.3, -0.25) is 0 Å². The fourth-order valence-electron chi connectivity index (χ4n) is 8.63. The number of furan rings is 1. The van der Waals surface area contributed by atoms with Gasteiger partial charge in [0.05, 0.1) is 28.1 Å². The average molecular weight is 729 g/mol. The van der Waals surface area contributed by atoms with Crippen molar-refractivity contribution in [2.24, 2.45) is 0 Å². The van der Waals surface area contributed by atoms with E-state index >= 15 is 0 Å². The van der Waals surface area contributed by atoms with Crippen LogP contribution in [0.4, 0.5) is 17.1 Å². The minimum Gasteiger partial charge on any atom is -0.456 e. The van der Waals surface area contributed by atoms with Gasteiger partial charge < -0.3 is 13.9 Å². The highest BCUT2D eigenvalue weighted by molar-refractivity contribution is 6.18. The Morgan fingerprint density at radius 2 is 0.947 bits per heavy atom. The van der Waals surface area contributed by atoms with Crippen molar-refractivity contribution in [2.75, 3.05) is 4.90 Å². The third-order valence-electron chi connectivity index (χ3n) is 11.2. The Morgan fingerprint density at radius 3 is 1.74 bits per heavy atom. The number of nitrogens with zero attached hydrogens (tertiary/aromatic N) is 2. The highest BCUT2D eigenvalue weighted by Crippen LogP contribution is 2.48. The van der Waals surface area contributed by atoms with Gasteiger partial charge in [-0.05, 0) is 82.9 Å². The molecule has 3 nitrogen and oxygen atoms in total. The Bertz CT molecular complexity index is 3230. The smallest absolute Gasteiger partial charge is 0.135 e. The Morgan fingerprint density at radius 1 is 0.351 bits per heavy atom. The van der Waals surface area contributed by atoms with Crippen LogP contribution in [-0.4, -0.2) is 4.57 Å². The van der Waals surface area contributed by atoms with Crippen LogP contribution in [0.25, 0.3) is 82.8 Å². The Labute approximate surface area is 330 Å². The molecule has 0 aliphatic heterocycles. The van der Waals surface area contributed by atoms with E-state index < -0.39 is 0 Å². The van der Waals surface area contributed by atoms with E-state index in [9.17, 15) is 0 Å². The van der Waals surface area contributed by atoms with Crippen LogP contribution in [0.15, 0.2) is 223 Å². The van der Waals surface area contributed by atoms with Crippen LogP contribution in [0.5, 0.6) is 0 Å². The molecule has 268 valence electrons. The number of fused-ring (bicyclic) bond motifs is 6. The van der Waals surface area contributed by atoms with Gasteiger partial charge in [-0.1, -0.05) is 158 Å². The second kappa shape index (κ2) is 13.6. The summed E-state index contributed by atoms with van der Waals surface area (Å²) < 4.78 is 8.79. The van der Waals surface area contributed by atoms with Crippen molar-refractivity contribution in [3.8, 4) is 39.1 Å². The van der Waals surface area contributed by atoms with Crippen LogP contribution in [0.1, 0.15) is 0 Å². The lowest BCUT2D eigenvalue weighted by Crippen LogP contribution is -2.11. The van der Waals surface area contributed by atoms with Crippen molar-refractivity contribution in [3.63, 3.8) is 0 Å². The Balaban J connectivity index is 1.21. The molecule has 11 rings (SSSR count). The van der Waals surface area contributed by atoms with Gasteiger partial charge in [-0.25, -0.2) is 0 Å². The standard InChI is InChI=1S/C54H36N2O/c1-4-17-37(18-5-1)40-31-33-49(45(35-40)39-21-8-3-9-22-39)56-48-27-14-11-25-44(48)54-50(28-16-29-51(54)56)55(47-26-13-10-23-42(47)38-19-6-2-7-20-38)41-32-34-53-46(36-41)43-24-12-15-30-52(43)57-53/h1-36H. The summed E-state index contributed by atoms with van der Waals surface area (Å²) >= 11 is 0. The van der Waals surface area contributed by atoms with Crippen molar-refractivity contribution in [3.05, 3.63) is 218 Å². The highest BCUT2D eigenvalue weighted by Gasteiger charge is 2.24. The van der Waals surface area contributed by atoms with Crippen LogP contribution in [-0.2, 0) is 0 Å². The van der Waals surface area contributed by atoms with Crippen molar-refractivity contribution >= 4 is 60.8 Å². The van der Waals surface area contributed by atoms with E-state index in [0.29, 0.717) is 0 Å². The first-order valence-corrected chi connectivity index (χ1v) is 19.4. The molecule has 0 bridgehead atoms. The second-order valence-electron chi connectivity index (χ2n) is 14.5. The fraction of sp³-hybridized carbons (Fsp3) is 0. The summed E-state index contributed by atoms with van der Waals surface area (Å²) in [4.78, 5) is 2.44. The molecule has 57 heavy (non-hydrogen) atoms. The number of para-hydroxylation sites is 3. The summed E-state index contributed by atoms with van der Waals surface area (Å²) in [6.07, 6.45) is 0. The summed E-state index contributed by atoms with van der Waals surface area (Å²) in [5.74, 6) is 0. The van der Waals surface area contributed by atoms with Gasteiger partial charge in [-0.15, -0.1) is 0 Å². The third-order valence-corrected chi connectivity index (χ3v) is 11.2. The molecule has 0 spiro atoms. The predicted molar refractivity (Wildman–Crippen MR) is 239 cm³/mol. The van der Waals surface area contributed by atoms with Gasteiger partial charge in [-0.2, -0.15) is 0 Å². The molecule has 0 saturated heterocycles. The molecule has 0 fully saturated rings. The van der Waals surface area contributed by atoms with Gasteiger partial charge in [0.1, 0.15) is 11.2 Å². The maximum Gasteiger partial charge on any atom is 0.135 e. The zero-order valence-corrected chi connectivity index (χ0v) is 31.1. The molecular formula is C54H36N2O. The van der Waals surface area contributed by atoms with Crippen LogP contribution < -0.4 is 4.90 Å². The van der Waals surface area contributed by atoms with E-state index in [2.05, 4.69) is 216 Å². The first kappa shape index (κ1) is 32.8. The first-order chi connectivity index (χ1) is 28.3. The lowest BCUT2D eigenvalue weighted by Gasteiger charge is -2.29. The lowest BCUT2D eigenvalue weighted by atomic mass is 9.97. The monoisotopic (exact) mass is 728 g/mol. The minimum absolute atomic E-state index is 0.874. The summed E-state index contributed by atoms with van der Waals surface area (Å²) in [6.45, 7) is 0. The SMILES string of the molecule is c1ccc(-c2ccc(-n3c4ccccc4c4c(N(c5ccc6oc7ccccc7c6c5)c5ccccc5-c5ccccc5)cccc43)c(-c3ccccc3)c2)cc1. The van der Waals surface area contributed by atoms with Crippen LogP contribution in [0, 0.1) is 0 Å². The van der Waals surface area contributed by atoms with Gasteiger partial charge in [0.15, 0.2) is 0 Å². The molecule has 9 aromatic carbocycles. The molecule has 3 heteroatoms. The maximum absolute atomic E-state index is 6.33. The molecule has 2 aromatic heterocycles. The molecule has 0 amide bonds. The molecule has 0 aliphatic carbocycles. The quantitative estimate of drug-likeness (QED) is 0.163. The Kier molecular flexibility index (Phi) is 7.82. The molecule has 2 heterocycles. The van der Waals surface area contributed by atoms with Crippen molar-refractivity contribution in [1.82, 2.24) is 4.57 Å². The van der Waals surface area contributed by atoms with Crippen molar-refractivity contribution < 1.29 is 4.42 Å². The summed E-state index contributed by atoms with van der Waals surface area (Å²) in [7, 11) is 0. The second-order valence-corrected chi connectivity index (χ2v) is 14.5. The molecular weight excluding hydrogens is 693 g/mol. The van der Waals surface area contributed by atoms with E-state index in [1.807, 2.05) is 12.1 Å². The zero-order chi connectivity index (χ0) is 37.7. The molecule has 0 aliphatic rings. The van der Waals surface area contributed by atoms with Gasteiger partial charge in [0, 0.05) is 38.4 Å². The predicted octanol–water partition coefficient (Wildman–Crippen LogP) is 15.2. The third kappa shape index (κ3) is 5.51. The zero-order valence-electron chi connectivity index (χ0n) is 31.1. The fourth-order valence-corrected chi connectivity index (χ4v) is 8.63. The van der Waals surface area contributed by atoms with Crippen LogP contribution in [0.2, 0.25) is 0 Å². The highest BCUT2D eigenvalue weighted by atomic mass is 16.3. The number of benzene rings is 9. The van der Waals surface area contributed by atoms with Crippen molar-refractivity contribution in [2.45, 2.75) is 0 Å². The summed E-state index contributed by atoms with van der Waals surface area (Å²) in [5, 5.41) is 4.56. The van der Waals surface area contributed by atoms with Crippen molar-refractivity contribution in [1.29, 1.82) is 0 Å². The topological polar surface area (TPSA) is 21.3 Å². The molecule has 0 atom stereocenters. The maximum atomic E-state index is 6.33. The lowest BCUT2D eigenvalue weighted by molar-refractivity contribution is 0.669. The Hall–Kier alpha value is -7.62. The molecule has 11 aromatic rings. The number of hydrogen-bond acceptors (Lipinski definition) is 2. The van der Waals surface area contributed by atoms with E-state index in [-0.39, 0.29) is 0 Å². The summed E-state index contributed by atoms with van der Waals surface area (Å²) in [6, 6.07) is 78.2. The van der Waals surface area contributed by atoms with E-state index in [0.717, 1.165) is 66.8 Å². The van der Waals surface area contributed by atoms with E-state index in [1.165, 1.54) is 33.0 Å². The normalized spacial score (nSPS) is 11.5. The van der Waals surface area contributed by atoms with Gasteiger partial charge in [0.2, 0.25) is 0 Å². The average Bonchev–Trinajstić information content (AvgIpc) is 3.83. The van der Waals surface area contributed by atoms with Gasteiger partial charge in [0.25, 0.3) is 0 Å². The largest absolute Gasteiger partial charge is 0.456 e. The number of anilines is 3. The number of rotatable bonds is 7. The van der Waals surface area contributed by atoms with Gasteiger partial charge >= 0.3 is 0 Å². The first-order valence-electron chi connectivity index (χ1n) is 19.4. The molecule has 0 saturated carbocycles. The molecule has 0 N–H and O–H groups in total. The van der Waals surface area contributed by atoms with E-state index in [1.54, 1.807) is 0 Å². The summed E-state index contributed by atoms with van der Waals surface area (Å²) in [5.41, 5.74) is 15.5. The number of aromatic nitrogens is 1. The van der Waals surface area contributed by atoms with Crippen LogP contribution >= 0.6 is 0 Å².